The second-order valence-corrected chi connectivity index (χ2v) is 7.19. The first-order valence-corrected chi connectivity index (χ1v) is 8.89. The van der Waals surface area contributed by atoms with Gasteiger partial charge in [0, 0.05) is 38.7 Å². The fourth-order valence-electron chi connectivity index (χ4n) is 3.56. The number of guanidine groups is 1. The van der Waals surface area contributed by atoms with Crippen LogP contribution in [-0.2, 0) is 11.3 Å². The molecule has 2 aliphatic heterocycles. The lowest BCUT2D eigenvalue weighted by Crippen LogP contribution is -2.41. The van der Waals surface area contributed by atoms with Crippen molar-refractivity contribution in [1.29, 1.82) is 0 Å². The van der Waals surface area contributed by atoms with Crippen LogP contribution in [0.25, 0.3) is 0 Å². The molecule has 0 bridgehead atoms. The van der Waals surface area contributed by atoms with E-state index in [1.807, 2.05) is 33.0 Å². The molecule has 6 heteroatoms. The number of hydrogen-bond acceptors (Lipinski definition) is 3. The molecule has 1 unspecified atom stereocenters. The van der Waals surface area contributed by atoms with Crippen molar-refractivity contribution in [2.75, 3.05) is 33.4 Å². The highest BCUT2D eigenvalue weighted by atomic mass is 127. The number of rotatable bonds is 4. The number of nitrogens with zero attached hydrogens (tertiary/aromatic N) is 2. The molecule has 2 saturated heterocycles. The number of benzene rings is 1. The largest absolute Gasteiger partial charge is 0.491 e. The molecule has 0 aromatic heterocycles. The van der Waals surface area contributed by atoms with Gasteiger partial charge in [-0.15, -0.1) is 24.0 Å². The smallest absolute Gasteiger partial charge is 0.193 e. The highest BCUT2D eigenvalue weighted by Crippen LogP contribution is 2.38. The molecular weight excluding hydrogens is 429 g/mol. The third-order valence-corrected chi connectivity index (χ3v) is 4.88. The van der Waals surface area contributed by atoms with Gasteiger partial charge in [0.2, 0.25) is 0 Å². The average molecular weight is 459 g/mol. The minimum Gasteiger partial charge on any atom is -0.491 e. The Labute approximate surface area is 168 Å². The summed E-state index contributed by atoms with van der Waals surface area (Å²) in [5.74, 6) is 1.90. The Morgan fingerprint density at radius 2 is 2.08 bits per heavy atom. The predicted octanol–water partition coefficient (Wildman–Crippen LogP) is 3.28. The van der Waals surface area contributed by atoms with Crippen LogP contribution >= 0.6 is 24.0 Å². The van der Waals surface area contributed by atoms with Gasteiger partial charge in [0.05, 0.1) is 12.7 Å². The zero-order valence-electron chi connectivity index (χ0n) is 15.5. The Hall–Kier alpha value is -1.02. The summed E-state index contributed by atoms with van der Waals surface area (Å²) in [5, 5.41) is 3.49. The van der Waals surface area contributed by atoms with Crippen molar-refractivity contribution in [2.24, 2.45) is 10.4 Å². The monoisotopic (exact) mass is 459 g/mol. The number of likely N-dealkylation sites (tertiary alicyclic amines) is 1. The standard InChI is InChI=1S/C19H29N3O2.HI/c1-15(2)24-17-6-4-16(5-7-17)12-21-18(20-3)22-10-8-19(13-22)9-11-23-14-19;/h4-7,15H,8-14H2,1-3H3,(H,20,21);1H. The van der Waals surface area contributed by atoms with Gasteiger partial charge in [-0.25, -0.2) is 0 Å². The predicted molar refractivity (Wildman–Crippen MR) is 112 cm³/mol. The van der Waals surface area contributed by atoms with Crippen molar-refractivity contribution in [3.05, 3.63) is 29.8 Å². The molecule has 1 atom stereocenters. The number of hydrogen-bond donors (Lipinski definition) is 1. The molecule has 5 nitrogen and oxygen atoms in total. The summed E-state index contributed by atoms with van der Waals surface area (Å²) in [7, 11) is 1.86. The summed E-state index contributed by atoms with van der Waals surface area (Å²) < 4.78 is 11.3. The summed E-state index contributed by atoms with van der Waals surface area (Å²) in [6.45, 7) is 8.77. The topological polar surface area (TPSA) is 46.1 Å². The van der Waals surface area contributed by atoms with Gasteiger partial charge in [-0.3, -0.25) is 4.99 Å². The van der Waals surface area contributed by atoms with Crippen molar-refractivity contribution in [1.82, 2.24) is 10.2 Å². The first kappa shape index (κ1) is 20.3. The van der Waals surface area contributed by atoms with E-state index in [2.05, 4.69) is 27.3 Å². The Morgan fingerprint density at radius 3 is 2.68 bits per heavy atom. The van der Waals surface area contributed by atoms with Gasteiger partial charge in [-0.2, -0.15) is 0 Å². The first-order chi connectivity index (χ1) is 11.6. The lowest BCUT2D eigenvalue weighted by atomic mass is 9.87. The maximum Gasteiger partial charge on any atom is 0.193 e. The van der Waals surface area contributed by atoms with Crippen molar-refractivity contribution < 1.29 is 9.47 Å². The maximum atomic E-state index is 5.69. The number of ether oxygens (including phenoxy) is 2. The van der Waals surface area contributed by atoms with E-state index in [0.717, 1.165) is 44.6 Å². The van der Waals surface area contributed by atoms with Crippen LogP contribution in [0.5, 0.6) is 5.75 Å². The number of aliphatic imine (C=N–C) groups is 1. The second kappa shape index (κ2) is 9.07. The molecule has 1 aromatic carbocycles. The van der Waals surface area contributed by atoms with E-state index in [1.165, 1.54) is 18.4 Å². The first-order valence-electron chi connectivity index (χ1n) is 8.89. The second-order valence-electron chi connectivity index (χ2n) is 7.19. The molecule has 1 spiro atoms. The van der Waals surface area contributed by atoms with Crippen molar-refractivity contribution in [3.63, 3.8) is 0 Å². The van der Waals surface area contributed by atoms with Crippen molar-refractivity contribution in [2.45, 2.75) is 39.3 Å². The highest BCUT2D eigenvalue weighted by Gasteiger charge is 2.42. The van der Waals surface area contributed by atoms with Gasteiger partial charge in [0.1, 0.15) is 5.75 Å². The van der Waals surface area contributed by atoms with Crippen LogP contribution in [0.4, 0.5) is 0 Å². The Bertz CT molecular complexity index is 569. The van der Waals surface area contributed by atoms with Gasteiger partial charge < -0.3 is 19.7 Å². The summed E-state index contributed by atoms with van der Waals surface area (Å²) in [4.78, 5) is 6.83. The Balaban J connectivity index is 0.00000225. The van der Waals surface area contributed by atoms with Gasteiger partial charge in [-0.1, -0.05) is 12.1 Å². The molecule has 0 radical (unpaired) electrons. The van der Waals surface area contributed by atoms with Gasteiger partial charge in [0.25, 0.3) is 0 Å². The Morgan fingerprint density at radius 1 is 1.32 bits per heavy atom. The van der Waals surface area contributed by atoms with Crippen LogP contribution in [0, 0.1) is 5.41 Å². The fourth-order valence-corrected chi connectivity index (χ4v) is 3.56. The van der Waals surface area contributed by atoms with Crippen LogP contribution in [0.2, 0.25) is 0 Å². The van der Waals surface area contributed by atoms with E-state index in [1.54, 1.807) is 0 Å². The summed E-state index contributed by atoms with van der Waals surface area (Å²) >= 11 is 0. The van der Waals surface area contributed by atoms with E-state index < -0.39 is 0 Å². The van der Waals surface area contributed by atoms with Crippen molar-refractivity contribution in [3.8, 4) is 5.75 Å². The number of halogens is 1. The minimum absolute atomic E-state index is 0. The van der Waals surface area contributed by atoms with E-state index in [9.17, 15) is 0 Å². The molecular formula is C19H30IN3O2. The zero-order valence-corrected chi connectivity index (χ0v) is 17.8. The molecule has 2 aliphatic rings. The molecule has 0 amide bonds. The van der Waals surface area contributed by atoms with E-state index in [0.29, 0.717) is 5.41 Å². The SMILES string of the molecule is CN=C(NCc1ccc(OC(C)C)cc1)N1CCC2(CCOC2)C1.I. The number of nitrogens with one attached hydrogen (secondary N) is 1. The molecule has 25 heavy (non-hydrogen) atoms. The van der Waals surface area contributed by atoms with Gasteiger partial charge in [-0.05, 0) is 44.4 Å². The van der Waals surface area contributed by atoms with Crippen LogP contribution in [-0.4, -0.2) is 50.3 Å². The van der Waals surface area contributed by atoms with E-state index >= 15 is 0 Å². The molecule has 3 rings (SSSR count). The molecule has 1 aromatic rings. The summed E-state index contributed by atoms with van der Waals surface area (Å²) in [6.07, 6.45) is 2.59. The summed E-state index contributed by atoms with van der Waals surface area (Å²) in [6, 6.07) is 8.27. The molecule has 2 heterocycles. The molecule has 0 saturated carbocycles. The van der Waals surface area contributed by atoms with Crippen LogP contribution in [0.15, 0.2) is 29.3 Å². The minimum atomic E-state index is 0. The van der Waals surface area contributed by atoms with E-state index in [4.69, 9.17) is 9.47 Å². The third kappa shape index (κ3) is 5.23. The fraction of sp³-hybridized carbons (Fsp3) is 0.632. The van der Waals surface area contributed by atoms with Gasteiger partial charge >= 0.3 is 0 Å². The molecule has 140 valence electrons. The summed E-state index contributed by atoms with van der Waals surface area (Å²) in [5.41, 5.74) is 1.58. The lowest BCUT2D eigenvalue weighted by molar-refractivity contribution is 0.156. The van der Waals surface area contributed by atoms with Gasteiger partial charge in [0.15, 0.2) is 5.96 Å². The highest BCUT2D eigenvalue weighted by molar-refractivity contribution is 14.0. The third-order valence-electron chi connectivity index (χ3n) is 4.88. The quantitative estimate of drug-likeness (QED) is 0.427. The molecule has 2 fully saturated rings. The van der Waals surface area contributed by atoms with Crippen LogP contribution < -0.4 is 10.1 Å². The molecule has 0 aliphatic carbocycles. The van der Waals surface area contributed by atoms with Crippen LogP contribution in [0.1, 0.15) is 32.3 Å². The zero-order chi connectivity index (χ0) is 17.0. The van der Waals surface area contributed by atoms with Crippen LogP contribution in [0.3, 0.4) is 0 Å². The Kier molecular flexibility index (Phi) is 7.37. The maximum absolute atomic E-state index is 5.69. The normalized spacial score (nSPS) is 23.2. The lowest BCUT2D eigenvalue weighted by Gasteiger charge is -2.25. The van der Waals surface area contributed by atoms with E-state index in [-0.39, 0.29) is 30.1 Å². The van der Waals surface area contributed by atoms with Crippen molar-refractivity contribution >= 4 is 29.9 Å². The average Bonchev–Trinajstić information content (AvgIpc) is 3.20. The molecule has 1 N–H and O–H groups in total.